The van der Waals surface area contributed by atoms with E-state index in [4.69, 9.17) is 0 Å². The van der Waals surface area contributed by atoms with Crippen LogP contribution in [0.5, 0.6) is 0 Å². The highest BCUT2D eigenvalue weighted by atomic mass is 32.2. The number of fused-ring (bicyclic) bond motifs is 2. The molecule has 1 aliphatic rings. The number of thiazole rings is 1. The summed E-state index contributed by atoms with van der Waals surface area (Å²) in [6.07, 6.45) is 1.86. The number of hydrogen-bond donors (Lipinski definition) is 3. The molecule has 1 aromatic heterocycles. The second kappa shape index (κ2) is 8.62. The Bertz CT molecular complexity index is 1810. The highest BCUT2D eigenvalue weighted by Crippen LogP contribution is 2.49. The van der Waals surface area contributed by atoms with Crippen molar-refractivity contribution in [3.8, 4) is 4.90 Å². The first-order valence-corrected chi connectivity index (χ1v) is 14.9. The van der Waals surface area contributed by atoms with Crippen molar-refractivity contribution < 1.29 is 31.0 Å². The van der Waals surface area contributed by atoms with E-state index in [1.54, 1.807) is 12.1 Å². The van der Waals surface area contributed by atoms with Crippen molar-refractivity contribution in [2.45, 2.75) is 16.7 Å². The van der Waals surface area contributed by atoms with Gasteiger partial charge in [-0.2, -0.15) is 32.0 Å². The molecule has 0 saturated carbocycles. The minimum Gasteiger partial charge on any atom is -0.366 e. The maximum Gasteiger partial charge on any atom is 0.303 e. The number of azo groups is 1. The van der Waals surface area contributed by atoms with Crippen LogP contribution in [0.25, 0.3) is 21.2 Å². The number of hydrogen-bond acceptors (Lipinski definition) is 8. The van der Waals surface area contributed by atoms with Crippen LogP contribution in [-0.4, -0.2) is 40.9 Å². The Morgan fingerprint density at radius 3 is 2.30 bits per heavy atom. The second-order valence-electron chi connectivity index (χ2n) is 8.45. The number of rotatable bonds is 5. The molecule has 0 bridgehead atoms. The standard InChI is InChI=1S/C24H19N3O7S3/c1-16-6-11-21-22(14-16)35(15-25-21)19-9-7-18(8-10-19)26-27-23(36(29,30)31)13-12-17-4-2-3-5-20(17)24(23,28)37(32,33)34/h2-15,28H,1H3,(H-,29,30,31,32,33,34)/p+1. The SMILES string of the molecule is Cc1ccc2nc[s+](-c3ccc(N=NC4(S(=O)(=O)O)C=Cc5ccccc5C4(O)S(=O)(=O)O)cc3)c2c1. The first-order chi connectivity index (χ1) is 17.4. The summed E-state index contributed by atoms with van der Waals surface area (Å²) in [5, 5.41) is 18.8. The van der Waals surface area contributed by atoms with Crippen LogP contribution in [0.3, 0.4) is 0 Å². The molecule has 0 radical (unpaired) electrons. The summed E-state index contributed by atoms with van der Waals surface area (Å²) < 4.78 is 71.2. The Morgan fingerprint density at radius 2 is 1.62 bits per heavy atom. The lowest BCUT2D eigenvalue weighted by molar-refractivity contribution is 0.0764. The van der Waals surface area contributed by atoms with Crippen LogP contribution in [0.1, 0.15) is 16.7 Å². The molecule has 0 aliphatic heterocycles. The highest BCUT2D eigenvalue weighted by molar-refractivity contribution is 7.91. The van der Waals surface area contributed by atoms with Gasteiger partial charge in [-0.3, -0.25) is 9.11 Å². The summed E-state index contributed by atoms with van der Waals surface area (Å²) in [6, 6.07) is 17.9. The fourth-order valence-electron chi connectivity index (χ4n) is 4.25. The molecule has 190 valence electrons. The summed E-state index contributed by atoms with van der Waals surface area (Å²) >= 11 is 0. The molecule has 4 aromatic rings. The Kier molecular flexibility index (Phi) is 5.90. The molecule has 0 saturated heterocycles. The molecule has 0 amide bonds. The van der Waals surface area contributed by atoms with Crippen LogP contribution in [0.15, 0.2) is 88.5 Å². The lowest BCUT2D eigenvalue weighted by Gasteiger charge is -2.39. The van der Waals surface area contributed by atoms with Crippen molar-refractivity contribution >= 4 is 52.7 Å². The predicted octanol–water partition coefficient (Wildman–Crippen LogP) is 4.71. The molecule has 0 spiro atoms. The highest BCUT2D eigenvalue weighted by Gasteiger charge is 2.69. The molecule has 1 heterocycles. The molecular formula is C24H20N3O7S3+. The summed E-state index contributed by atoms with van der Waals surface area (Å²) in [7, 11) is -11.5. The average molecular weight is 559 g/mol. The molecule has 3 unspecified atom stereocenters. The van der Waals surface area contributed by atoms with E-state index in [1.165, 1.54) is 36.4 Å². The molecule has 3 aromatic carbocycles. The van der Waals surface area contributed by atoms with E-state index in [0.717, 1.165) is 26.7 Å². The Balaban J connectivity index is 1.61. The van der Waals surface area contributed by atoms with Gasteiger partial charge in [-0.1, -0.05) is 36.4 Å². The van der Waals surface area contributed by atoms with Crippen molar-refractivity contribution in [3.63, 3.8) is 0 Å². The van der Waals surface area contributed by atoms with Crippen molar-refractivity contribution in [1.29, 1.82) is 0 Å². The van der Waals surface area contributed by atoms with Gasteiger partial charge in [0.15, 0.2) is 4.90 Å². The molecule has 0 fully saturated rings. The zero-order chi connectivity index (χ0) is 26.6. The van der Waals surface area contributed by atoms with Crippen LogP contribution < -0.4 is 0 Å². The molecule has 10 nitrogen and oxygen atoms in total. The summed E-state index contributed by atoms with van der Waals surface area (Å²) in [6.45, 7) is 1.99. The lowest BCUT2D eigenvalue weighted by atomic mass is 9.90. The maximum absolute atomic E-state index is 12.6. The van der Waals surface area contributed by atoms with E-state index in [1.807, 2.05) is 24.6 Å². The smallest absolute Gasteiger partial charge is 0.303 e. The third kappa shape index (κ3) is 3.91. The molecule has 3 atom stereocenters. The van der Waals surface area contributed by atoms with Gasteiger partial charge >= 0.3 is 20.2 Å². The minimum absolute atomic E-state index is 0.108. The fraction of sp³-hybridized carbons (Fsp3) is 0.125. The number of aliphatic hydroxyl groups is 1. The number of aryl methyl sites for hydroxylation is 1. The molecule has 37 heavy (non-hydrogen) atoms. The summed E-state index contributed by atoms with van der Waals surface area (Å²) in [5.74, 6) is 0. The zero-order valence-electron chi connectivity index (χ0n) is 19.1. The number of aromatic nitrogens is 1. The monoisotopic (exact) mass is 558 g/mol. The van der Waals surface area contributed by atoms with Crippen molar-refractivity contribution in [1.82, 2.24) is 4.98 Å². The molecule has 13 heteroatoms. The Labute approximate surface area is 215 Å². The van der Waals surface area contributed by atoms with E-state index in [2.05, 4.69) is 21.3 Å². The minimum atomic E-state index is -5.59. The van der Waals surface area contributed by atoms with E-state index in [0.29, 0.717) is 6.08 Å². The first-order valence-electron chi connectivity index (χ1n) is 10.7. The van der Waals surface area contributed by atoms with Gasteiger partial charge in [0.1, 0.15) is 5.52 Å². The second-order valence-corrected chi connectivity index (χ2v) is 13.4. The lowest BCUT2D eigenvalue weighted by Crippen LogP contribution is -2.59. The van der Waals surface area contributed by atoms with Crippen LogP contribution in [0.2, 0.25) is 0 Å². The van der Waals surface area contributed by atoms with Crippen LogP contribution >= 0.6 is 10.5 Å². The van der Waals surface area contributed by atoms with E-state index < -0.39 is 46.1 Å². The van der Waals surface area contributed by atoms with Gasteiger partial charge in [0, 0.05) is 34.2 Å². The van der Waals surface area contributed by atoms with Gasteiger partial charge in [0.25, 0.3) is 9.80 Å². The van der Waals surface area contributed by atoms with Crippen LogP contribution in [-0.2, 0) is 25.2 Å². The normalized spacial score (nSPS) is 22.4. The van der Waals surface area contributed by atoms with Gasteiger partial charge in [-0.15, -0.1) is 0 Å². The molecule has 1 aliphatic carbocycles. The predicted molar refractivity (Wildman–Crippen MR) is 140 cm³/mol. The van der Waals surface area contributed by atoms with Gasteiger partial charge in [-0.25, -0.2) is 0 Å². The van der Waals surface area contributed by atoms with Crippen LogP contribution in [0.4, 0.5) is 5.69 Å². The van der Waals surface area contributed by atoms with E-state index in [9.17, 15) is 31.0 Å². The Hall–Kier alpha value is -3.33. The fourth-order valence-corrected chi connectivity index (χ4v) is 8.46. The molecule has 3 N–H and O–H groups in total. The third-order valence-electron chi connectivity index (χ3n) is 6.12. The Morgan fingerprint density at radius 1 is 0.919 bits per heavy atom. The third-order valence-corrected chi connectivity index (χ3v) is 10.7. The first kappa shape index (κ1) is 25.3. The van der Waals surface area contributed by atoms with Crippen molar-refractivity contribution in [2.75, 3.05) is 0 Å². The van der Waals surface area contributed by atoms with E-state index >= 15 is 0 Å². The largest absolute Gasteiger partial charge is 0.366 e. The summed E-state index contributed by atoms with van der Waals surface area (Å²) in [5.41, 5.74) is 3.54. The quantitative estimate of drug-likeness (QED) is 0.180. The van der Waals surface area contributed by atoms with Gasteiger partial charge in [0.2, 0.25) is 10.2 Å². The van der Waals surface area contributed by atoms with Crippen LogP contribution in [0, 0.1) is 6.92 Å². The molecule has 5 rings (SSSR count). The molecular weight excluding hydrogens is 538 g/mol. The number of nitrogens with zero attached hydrogens (tertiary/aromatic N) is 3. The van der Waals surface area contributed by atoms with Crippen molar-refractivity contribution in [3.05, 3.63) is 95.0 Å². The van der Waals surface area contributed by atoms with E-state index in [-0.39, 0.29) is 11.3 Å². The topological polar surface area (TPSA) is 167 Å². The number of benzene rings is 3. The average Bonchev–Trinajstić information content (AvgIpc) is 3.26. The van der Waals surface area contributed by atoms with Crippen molar-refractivity contribution in [2.24, 2.45) is 10.2 Å². The maximum atomic E-state index is 12.6. The van der Waals surface area contributed by atoms with Gasteiger partial charge in [0.05, 0.1) is 5.69 Å². The zero-order valence-corrected chi connectivity index (χ0v) is 21.6. The summed E-state index contributed by atoms with van der Waals surface area (Å²) in [4.78, 5) is -1.51. The van der Waals surface area contributed by atoms with Gasteiger partial charge < -0.3 is 5.11 Å². The van der Waals surface area contributed by atoms with Gasteiger partial charge in [-0.05, 0) is 42.3 Å².